The Bertz CT molecular complexity index is 1270. The number of hydrogen-bond acceptors (Lipinski definition) is 6. The van der Waals surface area contributed by atoms with Gasteiger partial charge in [0.15, 0.2) is 0 Å². The molecule has 30 heavy (non-hydrogen) atoms. The fourth-order valence-electron chi connectivity index (χ4n) is 3.05. The van der Waals surface area contributed by atoms with Crippen molar-refractivity contribution in [2.45, 2.75) is 6.92 Å². The minimum absolute atomic E-state index is 0.390. The smallest absolute Gasteiger partial charge is 0.232 e. The van der Waals surface area contributed by atoms with Crippen molar-refractivity contribution in [1.29, 1.82) is 5.26 Å². The number of anilines is 3. The van der Waals surface area contributed by atoms with E-state index in [0.717, 1.165) is 26.5 Å². The van der Waals surface area contributed by atoms with Crippen molar-refractivity contribution in [3.8, 4) is 17.7 Å². The molecule has 2 N–H and O–H groups in total. The van der Waals surface area contributed by atoms with E-state index < -0.39 is 0 Å². The van der Waals surface area contributed by atoms with Gasteiger partial charge in [0, 0.05) is 12.7 Å². The van der Waals surface area contributed by atoms with Gasteiger partial charge in [-0.15, -0.1) is 0 Å². The van der Waals surface area contributed by atoms with Crippen molar-refractivity contribution in [3.05, 3.63) is 76.3 Å². The maximum atomic E-state index is 8.96. The molecule has 3 aromatic carbocycles. The molecule has 0 saturated heterocycles. The lowest BCUT2D eigenvalue weighted by atomic mass is 10.1. The predicted octanol–water partition coefficient (Wildman–Crippen LogP) is 6.15. The first-order chi connectivity index (χ1) is 14.6. The summed E-state index contributed by atoms with van der Waals surface area (Å²) in [7, 11) is 1.80. The van der Waals surface area contributed by atoms with Gasteiger partial charge in [0.05, 0.1) is 21.7 Å². The quantitative estimate of drug-likeness (QED) is 0.372. The maximum Gasteiger partial charge on any atom is 0.232 e. The first-order valence-electron chi connectivity index (χ1n) is 9.27. The molecule has 4 aromatic rings. The summed E-state index contributed by atoms with van der Waals surface area (Å²) in [5, 5.41) is 17.4. The second kappa shape index (κ2) is 8.39. The minimum atomic E-state index is 0.390. The van der Waals surface area contributed by atoms with E-state index in [1.54, 1.807) is 31.3 Å². The Morgan fingerprint density at radius 3 is 2.50 bits per heavy atom. The summed E-state index contributed by atoms with van der Waals surface area (Å²) in [6, 6.07) is 21.2. The molecule has 0 unspecified atom stereocenters. The van der Waals surface area contributed by atoms with E-state index >= 15 is 0 Å². The average Bonchev–Trinajstić information content (AvgIpc) is 2.78. The normalized spacial score (nSPS) is 10.5. The van der Waals surface area contributed by atoms with Crippen molar-refractivity contribution >= 4 is 44.2 Å². The van der Waals surface area contributed by atoms with Crippen LogP contribution in [0.25, 0.3) is 10.8 Å². The van der Waals surface area contributed by atoms with Crippen LogP contribution in [0.2, 0.25) is 0 Å². The molecule has 0 amide bonds. The SMILES string of the molecule is CNc1nc(Nc2ccc(C#N)cc2)nc(Oc2ccc3ccccc3c2Br)c1C. The highest BCUT2D eigenvalue weighted by Crippen LogP contribution is 2.37. The van der Waals surface area contributed by atoms with Gasteiger partial charge in [-0.1, -0.05) is 30.3 Å². The number of ether oxygens (including phenoxy) is 1. The van der Waals surface area contributed by atoms with Crippen LogP contribution in [-0.2, 0) is 0 Å². The van der Waals surface area contributed by atoms with E-state index in [1.807, 2.05) is 37.3 Å². The molecule has 0 aliphatic carbocycles. The van der Waals surface area contributed by atoms with Crippen LogP contribution in [0, 0.1) is 18.3 Å². The molecule has 0 fully saturated rings. The Labute approximate surface area is 182 Å². The number of nitrogens with one attached hydrogen (secondary N) is 2. The number of rotatable bonds is 5. The molecule has 6 nitrogen and oxygen atoms in total. The molecule has 0 spiro atoms. The molecule has 0 aliphatic heterocycles. The van der Waals surface area contributed by atoms with E-state index in [4.69, 9.17) is 10.00 Å². The lowest BCUT2D eigenvalue weighted by molar-refractivity contribution is 0.457. The van der Waals surface area contributed by atoms with E-state index in [2.05, 4.69) is 48.7 Å². The summed E-state index contributed by atoms with van der Waals surface area (Å²) in [5.74, 6) is 2.16. The van der Waals surface area contributed by atoms with Crippen LogP contribution in [0.4, 0.5) is 17.5 Å². The van der Waals surface area contributed by atoms with Crippen LogP contribution in [-0.4, -0.2) is 17.0 Å². The molecular formula is C23H18BrN5O. The van der Waals surface area contributed by atoms with Gasteiger partial charge in [0.1, 0.15) is 11.6 Å². The Morgan fingerprint density at radius 1 is 1.00 bits per heavy atom. The third-order valence-electron chi connectivity index (χ3n) is 4.64. The highest BCUT2D eigenvalue weighted by molar-refractivity contribution is 9.10. The summed E-state index contributed by atoms with van der Waals surface area (Å²) < 4.78 is 7.05. The fourth-order valence-corrected chi connectivity index (χ4v) is 3.62. The lowest BCUT2D eigenvalue weighted by Gasteiger charge is -2.15. The van der Waals surface area contributed by atoms with Gasteiger partial charge in [-0.3, -0.25) is 0 Å². The second-order valence-electron chi connectivity index (χ2n) is 6.59. The van der Waals surface area contributed by atoms with Crippen LogP contribution in [0.1, 0.15) is 11.1 Å². The highest BCUT2D eigenvalue weighted by Gasteiger charge is 2.15. The highest BCUT2D eigenvalue weighted by atomic mass is 79.9. The number of hydrogen-bond donors (Lipinski definition) is 2. The summed E-state index contributed by atoms with van der Waals surface area (Å²) in [4.78, 5) is 9.08. The molecule has 0 radical (unpaired) electrons. The molecule has 0 saturated carbocycles. The van der Waals surface area contributed by atoms with Crippen LogP contribution < -0.4 is 15.4 Å². The first kappa shape index (κ1) is 19.7. The van der Waals surface area contributed by atoms with Crippen molar-refractivity contribution in [3.63, 3.8) is 0 Å². The van der Waals surface area contributed by atoms with Gasteiger partial charge in [0.2, 0.25) is 11.8 Å². The number of fused-ring (bicyclic) bond motifs is 1. The summed E-state index contributed by atoms with van der Waals surface area (Å²) in [6.07, 6.45) is 0. The Kier molecular flexibility index (Phi) is 5.50. The Hall–Kier alpha value is -3.63. The van der Waals surface area contributed by atoms with Gasteiger partial charge < -0.3 is 15.4 Å². The van der Waals surface area contributed by atoms with E-state index in [0.29, 0.717) is 29.0 Å². The van der Waals surface area contributed by atoms with Crippen LogP contribution in [0.5, 0.6) is 11.6 Å². The Balaban J connectivity index is 1.70. The predicted molar refractivity (Wildman–Crippen MR) is 122 cm³/mol. The van der Waals surface area contributed by atoms with Crippen LogP contribution >= 0.6 is 15.9 Å². The largest absolute Gasteiger partial charge is 0.437 e. The second-order valence-corrected chi connectivity index (χ2v) is 7.38. The van der Waals surface area contributed by atoms with Gasteiger partial charge >= 0.3 is 0 Å². The standard InChI is InChI=1S/C23H18BrN5O/c1-14-21(26-2)28-23(27-17-10-7-15(13-25)8-11-17)29-22(14)30-19-12-9-16-5-3-4-6-18(16)20(19)24/h3-12H,1-2H3,(H2,26,27,28,29). The fraction of sp³-hybridized carbons (Fsp3) is 0.0870. The summed E-state index contributed by atoms with van der Waals surface area (Å²) in [6.45, 7) is 1.90. The molecule has 0 aliphatic rings. The van der Waals surface area contributed by atoms with Crippen molar-refractivity contribution in [2.75, 3.05) is 17.7 Å². The number of nitriles is 1. The van der Waals surface area contributed by atoms with Crippen molar-refractivity contribution in [2.24, 2.45) is 0 Å². The van der Waals surface area contributed by atoms with Gasteiger partial charge in [-0.2, -0.15) is 15.2 Å². The molecule has 1 heterocycles. The molecule has 7 heteroatoms. The zero-order chi connectivity index (χ0) is 21.1. The molecule has 1 aromatic heterocycles. The number of benzene rings is 3. The molecular weight excluding hydrogens is 442 g/mol. The molecule has 148 valence electrons. The van der Waals surface area contributed by atoms with E-state index in [-0.39, 0.29) is 0 Å². The topological polar surface area (TPSA) is 82.9 Å². The number of nitrogens with zero attached hydrogens (tertiary/aromatic N) is 3. The van der Waals surface area contributed by atoms with E-state index in [9.17, 15) is 0 Å². The zero-order valence-corrected chi connectivity index (χ0v) is 18.0. The van der Waals surface area contributed by atoms with Crippen molar-refractivity contribution in [1.82, 2.24) is 9.97 Å². The van der Waals surface area contributed by atoms with Crippen molar-refractivity contribution < 1.29 is 4.74 Å². The molecule has 4 rings (SSSR count). The molecule has 0 atom stereocenters. The third kappa shape index (κ3) is 3.91. The van der Waals surface area contributed by atoms with Gasteiger partial charge in [-0.05, 0) is 64.0 Å². The number of halogens is 1. The molecule has 0 bridgehead atoms. The third-order valence-corrected chi connectivity index (χ3v) is 5.46. The van der Waals surface area contributed by atoms with Gasteiger partial charge in [0.25, 0.3) is 0 Å². The van der Waals surface area contributed by atoms with Crippen LogP contribution in [0.15, 0.2) is 65.1 Å². The number of aromatic nitrogens is 2. The maximum absolute atomic E-state index is 8.96. The zero-order valence-electron chi connectivity index (χ0n) is 16.4. The summed E-state index contributed by atoms with van der Waals surface area (Å²) in [5.41, 5.74) is 2.16. The minimum Gasteiger partial charge on any atom is -0.437 e. The first-order valence-corrected chi connectivity index (χ1v) is 10.1. The van der Waals surface area contributed by atoms with Gasteiger partial charge in [-0.25, -0.2) is 0 Å². The van der Waals surface area contributed by atoms with E-state index in [1.165, 1.54) is 0 Å². The van der Waals surface area contributed by atoms with Crippen LogP contribution in [0.3, 0.4) is 0 Å². The monoisotopic (exact) mass is 459 g/mol. The summed E-state index contributed by atoms with van der Waals surface area (Å²) >= 11 is 3.66. The lowest BCUT2D eigenvalue weighted by Crippen LogP contribution is -2.05. The Morgan fingerprint density at radius 2 is 1.77 bits per heavy atom. The average molecular weight is 460 g/mol.